The van der Waals surface area contributed by atoms with E-state index in [0.717, 1.165) is 5.56 Å². The lowest BCUT2D eigenvalue weighted by Crippen LogP contribution is -2.58. The molecule has 3 unspecified atom stereocenters. The van der Waals surface area contributed by atoms with Gasteiger partial charge in [-0.05, 0) is 12.5 Å². The lowest BCUT2D eigenvalue weighted by atomic mass is 9.99. The fourth-order valence-electron chi connectivity index (χ4n) is 2.21. The van der Waals surface area contributed by atoms with Gasteiger partial charge in [-0.25, -0.2) is 0 Å². The van der Waals surface area contributed by atoms with E-state index in [1.807, 2.05) is 30.3 Å². The van der Waals surface area contributed by atoms with Crippen LogP contribution in [0.3, 0.4) is 0 Å². The van der Waals surface area contributed by atoms with E-state index in [9.17, 15) is 10.2 Å². The van der Waals surface area contributed by atoms with E-state index >= 15 is 0 Å². The molecule has 1 saturated heterocycles. The molecule has 5 atom stereocenters. The van der Waals surface area contributed by atoms with Gasteiger partial charge in [0.05, 0.1) is 12.7 Å². The molecule has 1 aliphatic rings. The largest absolute Gasteiger partial charge is 0.388 e. The lowest BCUT2D eigenvalue weighted by molar-refractivity contribution is -0.293. The van der Waals surface area contributed by atoms with Crippen molar-refractivity contribution in [2.45, 2.75) is 44.2 Å². The predicted octanol–water partition coefficient (Wildman–Crippen LogP) is 0.685. The number of ether oxygens (including phenoxy) is 3. The average Bonchev–Trinajstić information content (AvgIpc) is 2.42. The molecule has 106 valence electrons. The van der Waals surface area contributed by atoms with Crippen molar-refractivity contribution in [1.82, 2.24) is 0 Å². The van der Waals surface area contributed by atoms with Crippen LogP contribution in [0.4, 0.5) is 0 Å². The van der Waals surface area contributed by atoms with E-state index < -0.39 is 30.7 Å². The summed E-state index contributed by atoms with van der Waals surface area (Å²) in [4.78, 5) is 0. The van der Waals surface area contributed by atoms with Gasteiger partial charge in [-0.3, -0.25) is 0 Å². The number of aliphatic hydroxyl groups is 2. The Morgan fingerprint density at radius 3 is 2.47 bits per heavy atom. The van der Waals surface area contributed by atoms with Crippen molar-refractivity contribution in [2.24, 2.45) is 0 Å². The number of rotatable bonds is 4. The van der Waals surface area contributed by atoms with Gasteiger partial charge in [-0.1, -0.05) is 30.3 Å². The first-order chi connectivity index (χ1) is 9.13. The lowest BCUT2D eigenvalue weighted by Gasteiger charge is -2.40. The Morgan fingerprint density at radius 1 is 1.16 bits per heavy atom. The summed E-state index contributed by atoms with van der Waals surface area (Å²) in [5, 5.41) is 19.9. The normalized spacial score (nSPS) is 35.3. The quantitative estimate of drug-likeness (QED) is 0.840. The number of benzene rings is 1. The van der Waals surface area contributed by atoms with Crippen molar-refractivity contribution >= 4 is 0 Å². The summed E-state index contributed by atoms with van der Waals surface area (Å²) in [6.07, 6.45) is -3.75. The summed E-state index contributed by atoms with van der Waals surface area (Å²) in [5.41, 5.74) is 0.998. The van der Waals surface area contributed by atoms with Crippen molar-refractivity contribution in [3.05, 3.63) is 35.9 Å². The molecule has 1 aromatic rings. The highest BCUT2D eigenvalue weighted by molar-refractivity contribution is 5.13. The molecule has 0 amide bonds. The number of hydrogen-bond acceptors (Lipinski definition) is 5. The molecule has 5 nitrogen and oxygen atoms in total. The Bertz CT molecular complexity index is 383. The third-order valence-electron chi connectivity index (χ3n) is 3.33. The van der Waals surface area contributed by atoms with Gasteiger partial charge in [0.1, 0.15) is 18.3 Å². The van der Waals surface area contributed by atoms with E-state index in [2.05, 4.69) is 0 Å². The summed E-state index contributed by atoms with van der Waals surface area (Å²) < 4.78 is 16.1. The molecule has 1 aromatic carbocycles. The summed E-state index contributed by atoms with van der Waals surface area (Å²) in [7, 11) is 1.46. The van der Waals surface area contributed by atoms with Crippen LogP contribution in [-0.2, 0) is 20.8 Å². The van der Waals surface area contributed by atoms with Gasteiger partial charge in [-0.15, -0.1) is 0 Å². The summed E-state index contributed by atoms with van der Waals surface area (Å²) in [5.74, 6) is 0. The monoisotopic (exact) mass is 268 g/mol. The first kappa shape index (κ1) is 14.4. The Labute approximate surface area is 112 Å². The molecular weight excluding hydrogens is 248 g/mol. The van der Waals surface area contributed by atoms with Crippen molar-refractivity contribution in [3.8, 4) is 0 Å². The number of aliphatic hydroxyl groups excluding tert-OH is 2. The molecule has 19 heavy (non-hydrogen) atoms. The topological polar surface area (TPSA) is 68.2 Å². The maximum atomic E-state index is 10.1. The molecule has 0 radical (unpaired) electrons. The maximum Gasteiger partial charge on any atom is 0.184 e. The Kier molecular flexibility index (Phi) is 4.90. The Hall–Kier alpha value is -0.980. The zero-order valence-electron chi connectivity index (χ0n) is 11.1. The highest BCUT2D eigenvalue weighted by Gasteiger charge is 2.44. The van der Waals surface area contributed by atoms with E-state index in [4.69, 9.17) is 14.2 Å². The van der Waals surface area contributed by atoms with Gasteiger partial charge < -0.3 is 24.4 Å². The second kappa shape index (κ2) is 6.45. The predicted molar refractivity (Wildman–Crippen MR) is 68.4 cm³/mol. The third-order valence-corrected chi connectivity index (χ3v) is 3.33. The highest BCUT2D eigenvalue weighted by atomic mass is 16.7. The summed E-state index contributed by atoms with van der Waals surface area (Å²) in [6, 6.07) is 9.64. The fraction of sp³-hybridized carbons (Fsp3) is 0.571. The highest BCUT2D eigenvalue weighted by Crippen LogP contribution is 2.24. The minimum Gasteiger partial charge on any atom is -0.388 e. The molecule has 2 rings (SSSR count). The second-order valence-electron chi connectivity index (χ2n) is 4.68. The van der Waals surface area contributed by atoms with Crippen LogP contribution in [-0.4, -0.2) is 48.0 Å². The smallest absolute Gasteiger partial charge is 0.184 e. The van der Waals surface area contributed by atoms with Crippen LogP contribution in [0.2, 0.25) is 0 Å². The molecule has 0 aromatic heterocycles. The van der Waals surface area contributed by atoms with Crippen LogP contribution >= 0.6 is 0 Å². The molecule has 2 N–H and O–H groups in total. The van der Waals surface area contributed by atoms with Gasteiger partial charge in [-0.2, -0.15) is 0 Å². The number of methoxy groups -OCH3 is 1. The minimum atomic E-state index is -1.09. The number of hydrogen-bond donors (Lipinski definition) is 2. The fourth-order valence-corrected chi connectivity index (χ4v) is 2.21. The van der Waals surface area contributed by atoms with Crippen LogP contribution in [0.1, 0.15) is 12.5 Å². The van der Waals surface area contributed by atoms with Crippen molar-refractivity contribution in [3.63, 3.8) is 0 Å². The molecule has 0 aliphatic carbocycles. The second-order valence-corrected chi connectivity index (χ2v) is 4.68. The molecule has 1 heterocycles. The molecule has 0 saturated carbocycles. The molecule has 0 bridgehead atoms. The standard InChI is InChI=1S/C14H20O5/c1-9-11(15)12(13(17-2)14(16)19-9)18-8-10-6-4-3-5-7-10/h3-7,9,11-16H,8H2,1-2H3/t9?,11-,12?,13?,14-/m0/s1. The van der Waals surface area contributed by atoms with Gasteiger partial charge in [0, 0.05) is 7.11 Å². The first-order valence-corrected chi connectivity index (χ1v) is 6.33. The summed E-state index contributed by atoms with van der Waals surface area (Å²) >= 11 is 0. The van der Waals surface area contributed by atoms with E-state index in [1.54, 1.807) is 6.92 Å². The van der Waals surface area contributed by atoms with Crippen molar-refractivity contribution < 1.29 is 24.4 Å². The van der Waals surface area contributed by atoms with Crippen molar-refractivity contribution in [1.29, 1.82) is 0 Å². The van der Waals surface area contributed by atoms with Gasteiger partial charge in [0.15, 0.2) is 6.29 Å². The molecule has 0 spiro atoms. The van der Waals surface area contributed by atoms with Crippen LogP contribution in [0.25, 0.3) is 0 Å². The zero-order chi connectivity index (χ0) is 13.8. The molecule has 5 heteroatoms. The minimum absolute atomic E-state index is 0.349. The van der Waals surface area contributed by atoms with Crippen molar-refractivity contribution in [2.75, 3.05) is 7.11 Å². The Balaban J connectivity index is 2.02. The average molecular weight is 268 g/mol. The Morgan fingerprint density at radius 2 is 1.84 bits per heavy atom. The maximum absolute atomic E-state index is 10.1. The molecule has 1 fully saturated rings. The third kappa shape index (κ3) is 3.32. The SMILES string of the molecule is COC1C(OCc2ccccc2)[C@@H](O)C(C)O[C@@H]1O. The van der Waals surface area contributed by atoms with E-state index in [-0.39, 0.29) is 0 Å². The van der Waals surface area contributed by atoms with Crippen LogP contribution < -0.4 is 0 Å². The van der Waals surface area contributed by atoms with Gasteiger partial charge in [0.2, 0.25) is 0 Å². The molecular formula is C14H20O5. The van der Waals surface area contributed by atoms with Crippen LogP contribution in [0.5, 0.6) is 0 Å². The molecule has 1 aliphatic heterocycles. The van der Waals surface area contributed by atoms with E-state index in [0.29, 0.717) is 6.61 Å². The zero-order valence-corrected chi connectivity index (χ0v) is 11.1. The van der Waals surface area contributed by atoms with Gasteiger partial charge in [0.25, 0.3) is 0 Å². The van der Waals surface area contributed by atoms with Gasteiger partial charge >= 0.3 is 0 Å². The van der Waals surface area contributed by atoms with Crippen LogP contribution in [0, 0.1) is 0 Å². The summed E-state index contributed by atoms with van der Waals surface area (Å²) in [6.45, 7) is 2.04. The first-order valence-electron chi connectivity index (χ1n) is 6.33. The van der Waals surface area contributed by atoms with E-state index in [1.165, 1.54) is 7.11 Å². The van der Waals surface area contributed by atoms with Crippen LogP contribution in [0.15, 0.2) is 30.3 Å².